The van der Waals surface area contributed by atoms with Crippen molar-refractivity contribution in [2.75, 3.05) is 6.54 Å². The third kappa shape index (κ3) is 3.44. The first kappa shape index (κ1) is 16.0. The molecule has 1 saturated heterocycles. The fraction of sp³-hybridized carbons (Fsp3) is 0.647. The molecule has 0 saturated carbocycles. The van der Waals surface area contributed by atoms with E-state index in [1.807, 2.05) is 0 Å². The van der Waals surface area contributed by atoms with Crippen LogP contribution in [-0.4, -0.2) is 23.5 Å². The lowest BCUT2D eigenvalue weighted by molar-refractivity contribution is 0.0669. The van der Waals surface area contributed by atoms with Crippen molar-refractivity contribution in [1.29, 1.82) is 0 Å². The minimum absolute atomic E-state index is 0.185. The van der Waals surface area contributed by atoms with Gasteiger partial charge < -0.3 is 5.73 Å². The molecule has 20 heavy (non-hydrogen) atoms. The Balaban J connectivity index is 2.31. The molecule has 112 valence electrons. The molecule has 0 radical (unpaired) electrons. The average molecular weight is 339 g/mol. The molecule has 3 heteroatoms. The van der Waals surface area contributed by atoms with Crippen LogP contribution in [0.3, 0.4) is 0 Å². The van der Waals surface area contributed by atoms with Gasteiger partial charge in [0.15, 0.2) is 0 Å². The van der Waals surface area contributed by atoms with Crippen LogP contribution in [0.5, 0.6) is 0 Å². The highest BCUT2D eigenvalue weighted by molar-refractivity contribution is 9.10. The molecule has 0 aromatic heterocycles. The molecule has 2 nitrogen and oxygen atoms in total. The van der Waals surface area contributed by atoms with Gasteiger partial charge >= 0.3 is 0 Å². The zero-order chi connectivity index (χ0) is 14.7. The maximum Gasteiger partial charge on any atom is 0.0513 e. The van der Waals surface area contributed by atoms with Crippen molar-refractivity contribution in [1.82, 2.24) is 4.90 Å². The first-order chi connectivity index (χ1) is 9.54. The van der Waals surface area contributed by atoms with E-state index < -0.39 is 0 Å². The smallest absolute Gasteiger partial charge is 0.0513 e. The maximum atomic E-state index is 6.48. The number of likely N-dealkylation sites (tertiary alicyclic amines) is 1. The van der Waals surface area contributed by atoms with Gasteiger partial charge in [-0.15, -0.1) is 0 Å². The zero-order valence-corrected chi connectivity index (χ0v) is 14.4. The minimum Gasteiger partial charge on any atom is -0.326 e. The second-order valence-electron chi connectivity index (χ2n) is 6.25. The van der Waals surface area contributed by atoms with E-state index in [1.165, 1.54) is 22.9 Å². The molecule has 1 aliphatic rings. The number of nitrogens with two attached hydrogens (primary N) is 1. The van der Waals surface area contributed by atoms with E-state index in [1.54, 1.807) is 0 Å². The molecule has 0 amide bonds. The lowest BCUT2D eigenvalue weighted by atomic mass is 9.88. The molecule has 1 aromatic rings. The largest absolute Gasteiger partial charge is 0.326 e. The van der Waals surface area contributed by atoms with Crippen LogP contribution in [0.4, 0.5) is 0 Å². The van der Waals surface area contributed by atoms with Crippen molar-refractivity contribution in [3.8, 4) is 0 Å². The number of nitrogens with zero attached hydrogens (tertiary/aromatic N) is 1. The second-order valence-corrected chi connectivity index (χ2v) is 7.11. The second kappa shape index (κ2) is 7.06. The van der Waals surface area contributed by atoms with Crippen molar-refractivity contribution >= 4 is 15.9 Å². The lowest BCUT2D eigenvalue weighted by Crippen LogP contribution is -2.48. The van der Waals surface area contributed by atoms with Gasteiger partial charge in [-0.1, -0.05) is 48.0 Å². The summed E-state index contributed by atoms with van der Waals surface area (Å²) in [5, 5.41) is 0. The summed E-state index contributed by atoms with van der Waals surface area (Å²) in [6, 6.07) is 9.64. The number of piperidine rings is 1. The standard InChI is InChI=1S/C17H27BrN2/c1-4-16(19)17(14-7-5-6-8-15(14)18)20-10-9-12(2)11-13(20)3/h5-8,12-13,16-17H,4,9-11,19H2,1-3H3. The molecule has 1 heterocycles. The number of rotatable bonds is 4. The fourth-order valence-corrected chi connectivity index (χ4v) is 3.95. The van der Waals surface area contributed by atoms with Gasteiger partial charge in [-0.2, -0.15) is 0 Å². The minimum atomic E-state index is 0.185. The first-order valence-corrected chi connectivity index (χ1v) is 8.59. The maximum absolute atomic E-state index is 6.48. The summed E-state index contributed by atoms with van der Waals surface area (Å²) >= 11 is 3.71. The molecular formula is C17H27BrN2. The Kier molecular flexibility index (Phi) is 5.65. The third-order valence-electron chi connectivity index (χ3n) is 4.65. The van der Waals surface area contributed by atoms with Gasteiger partial charge in [-0.3, -0.25) is 4.90 Å². The summed E-state index contributed by atoms with van der Waals surface area (Å²) in [6.45, 7) is 8.05. The SMILES string of the molecule is CCC(N)C(c1ccccc1Br)N1CCC(C)CC1C. The highest BCUT2D eigenvalue weighted by Crippen LogP contribution is 2.36. The van der Waals surface area contributed by atoms with E-state index in [2.05, 4.69) is 65.9 Å². The first-order valence-electron chi connectivity index (χ1n) is 7.80. The molecule has 4 unspecified atom stereocenters. The monoisotopic (exact) mass is 338 g/mol. The van der Waals surface area contributed by atoms with Crippen LogP contribution in [-0.2, 0) is 0 Å². The van der Waals surface area contributed by atoms with Gasteiger partial charge in [0.05, 0.1) is 6.04 Å². The number of halogens is 1. The Labute approximate surface area is 131 Å². The van der Waals surface area contributed by atoms with Gasteiger partial charge in [0, 0.05) is 16.6 Å². The average Bonchev–Trinajstić information content (AvgIpc) is 2.43. The van der Waals surface area contributed by atoms with Crippen LogP contribution in [0.2, 0.25) is 0 Å². The molecule has 1 aliphatic heterocycles. The van der Waals surface area contributed by atoms with Crippen molar-refractivity contribution in [3.05, 3.63) is 34.3 Å². The molecule has 1 aromatic carbocycles. The lowest BCUT2D eigenvalue weighted by Gasteiger charge is -2.44. The van der Waals surface area contributed by atoms with Crippen LogP contribution >= 0.6 is 15.9 Å². The predicted octanol–water partition coefficient (Wildman–Crippen LogP) is 4.35. The predicted molar refractivity (Wildman–Crippen MR) is 89.7 cm³/mol. The zero-order valence-electron chi connectivity index (χ0n) is 12.8. The Morgan fingerprint density at radius 2 is 2.05 bits per heavy atom. The Morgan fingerprint density at radius 3 is 2.65 bits per heavy atom. The molecule has 4 atom stereocenters. The molecular weight excluding hydrogens is 312 g/mol. The third-order valence-corrected chi connectivity index (χ3v) is 5.37. The Hall–Kier alpha value is -0.380. The van der Waals surface area contributed by atoms with Gasteiger partial charge in [0.2, 0.25) is 0 Å². The highest BCUT2D eigenvalue weighted by atomic mass is 79.9. The van der Waals surface area contributed by atoms with E-state index in [4.69, 9.17) is 5.73 Å². The van der Waals surface area contributed by atoms with E-state index in [0.29, 0.717) is 12.1 Å². The summed E-state index contributed by atoms with van der Waals surface area (Å²) in [4.78, 5) is 2.62. The van der Waals surface area contributed by atoms with Crippen molar-refractivity contribution in [2.45, 2.75) is 58.2 Å². The molecule has 2 N–H and O–H groups in total. The van der Waals surface area contributed by atoms with Crippen LogP contribution in [0.15, 0.2) is 28.7 Å². The summed E-state index contributed by atoms with van der Waals surface area (Å²) in [5.74, 6) is 0.832. The summed E-state index contributed by atoms with van der Waals surface area (Å²) in [7, 11) is 0. The summed E-state index contributed by atoms with van der Waals surface area (Å²) < 4.78 is 1.18. The summed E-state index contributed by atoms with van der Waals surface area (Å²) in [5.41, 5.74) is 7.82. The molecule has 0 spiro atoms. The molecule has 2 rings (SSSR count). The molecule has 0 aliphatic carbocycles. The van der Waals surface area contributed by atoms with Gasteiger partial charge in [0.25, 0.3) is 0 Å². The number of hydrogen-bond donors (Lipinski definition) is 1. The van der Waals surface area contributed by atoms with E-state index in [-0.39, 0.29) is 6.04 Å². The Morgan fingerprint density at radius 1 is 1.35 bits per heavy atom. The van der Waals surface area contributed by atoms with Crippen molar-refractivity contribution < 1.29 is 0 Å². The topological polar surface area (TPSA) is 29.3 Å². The molecule has 1 fully saturated rings. The Bertz CT molecular complexity index is 435. The van der Waals surface area contributed by atoms with E-state index in [0.717, 1.165) is 18.9 Å². The van der Waals surface area contributed by atoms with Crippen LogP contribution < -0.4 is 5.73 Å². The normalized spacial score (nSPS) is 27.2. The number of benzene rings is 1. The van der Waals surface area contributed by atoms with Gasteiger partial charge in [0.1, 0.15) is 0 Å². The molecule has 0 bridgehead atoms. The number of hydrogen-bond acceptors (Lipinski definition) is 2. The quantitative estimate of drug-likeness (QED) is 0.884. The van der Waals surface area contributed by atoms with Crippen molar-refractivity contribution in [3.63, 3.8) is 0 Å². The van der Waals surface area contributed by atoms with Gasteiger partial charge in [-0.05, 0) is 50.3 Å². The van der Waals surface area contributed by atoms with E-state index >= 15 is 0 Å². The highest BCUT2D eigenvalue weighted by Gasteiger charge is 2.33. The van der Waals surface area contributed by atoms with Gasteiger partial charge in [-0.25, -0.2) is 0 Å². The van der Waals surface area contributed by atoms with Crippen LogP contribution in [0, 0.1) is 5.92 Å². The van der Waals surface area contributed by atoms with Crippen LogP contribution in [0.25, 0.3) is 0 Å². The summed E-state index contributed by atoms with van der Waals surface area (Å²) in [6.07, 6.45) is 3.56. The van der Waals surface area contributed by atoms with Crippen molar-refractivity contribution in [2.24, 2.45) is 11.7 Å². The fourth-order valence-electron chi connectivity index (χ4n) is 3.43. The van der Waals surface area contributed by atoms with Crippen LogP contribution in [0.1, 0.15) is 51.6 Å². The van der Waals surface area contributed by atoms with E-state index in [9.17, 15) is 0 Å².